The fourth-order valence-corrected chi connectivity index (χ4v) is 9.73. The number of hydrogen-bond acceptors (Lipinski definition) is 6. The number of esters is 3. The van der Waals surface area contributed by atoms with Crippen LogP contribution in [0.2, 0.25) is 0 Å². The van der Waals surface area contributed by atoms with E-state index in [1.807, 2.05) is 0 Å². The van der Waals surface area contributed by atoms with Crippen LogP contribution in [0.4, 0.5) is 0 Å². The van der Waals surface area contributed by atoms with Crippen molar-refractivity contribution in [2.75, 3.05) is 13.2 Å². The molecular weight excluding hydrogens is 1020 g/mol. The Kier molecular flexibility index (Phi) is 66.7. The molecule has 0 saturated carbocycles. The molecule has 6 nitrogen and oxygen atoms in total. The standard InChI is InChI=1S/C77H130O6/c1-4-7-10-13-16-19-22-25-27-29-31-33-34-35-36-37-38-39-40-41-42-44-45-47-49-52-55-58-61-64-67-70-76(79)82-73-74(72-81-75(78)69-66-63-60-57-54-51-24-21-18-15-12-9-6-3)83-77(80)71-68-65-62-59-56-53-50-48-46-43-32-30-28-26-23-20-17-14-11-8-5-2/h7,10,12,15-16,19,21,24-25,27,31,33,35-36,38-39,41-42,45,47,74H,4-6,8-9,11,13-14,17-18,20,22-23,26,28-30,32,34,37,40,43-44,46,48-73H2,1-3H3/b10-7-,15-12-,19-16-,24-21-,27-25-,33-31-,36-35-,39-38-,42-41-,47-45-. The van der Waals surface area contributed by atoms with Crippen molar-refractivity contribution in [3.63, 3.8) is 0 Å². The number of allylic oxidation sites excluding steroid dienone is 20. The van der Waals surface area contributed by atoms with E-state index in [1.165, 1.54) is 135 Å². The third-order valence-electron chi connectivity index (χ3n) is 14.9. The van der Waals surface area contributed by atoms with Crippen LogP contribution in [0.3, 0.4) is 0 Å². The molecule has 0 radical (unpaired) electrons. The van der Waals surface area contributed by atoms with Gasteiger partial charge in [-0.05, 0) is 109 Å². The summed E-state index contributed by atoms with van der Waals surface area (Å²) >= 11 is 0. The van der Waals surface area contributed by atoms with Crippen LogP contribution in [-0.2, 0) is 28.6 Å². The Hall–Kier alpha value is -4.19. The zero-order valence-electron chi connectivity index (χ0n) is 54.4. The molecule has 0 fully saturated rings. The summed E-state index contributed by atoms with van der Waals surface area (Å²) in [5.74, 6) is -0.905. The smallest absolute Gasteiger partial charge is 0.306 e. The molecule has 0 amide bonds. The molecule has 1 atom stereocenters. The van der Waals surface area contributed by atoms with E-state index in [0.717, 1.165) is 154 Å². The summed E-state index contributed by atoms with van der Waals surface area (Å²) in [7, 11) is 0. The molecule has 0 saturated heterocycles. The van der Waals surface area contributed by atoms with Crippen LogP contribution < -0.4 is 0 Å². The Morgan fingerprint density at radius 2 is 0.494 bits per heavy atom. The number of unbranched alkanes of at least 4 members (excludes halogenated alkanes) is 32. The highest BCUT2D eigenvalue weighted by molar-refractivity contribution is 5.71. The Morgan fingerprint density at radius 3 is 0.783 bits per heavy atom. The first-order chi connectivity index (χ1) is 41.0. The first-order valence-corrected chi connectivity index (χ1v) is 35.0. The molecule has 0 spiro atoms. The number of rotatable bonds is 63. The maximum atomic E-state index is 12.9. The normalized spacial score (nSPS) is 12.9. The molecule has 0 aliphatic rings. The maximum absolute atomic E-state index is 12.9. The second kappa shape index (κ2) is 70.3. The molecule has 6 heteroatoms. The number of carbonyl (C=O) groups is 3. The van der Waals surface area contributed by atoms with E-state index in [-0.39, 0.29) is 31.1 Å². The van der Waals surface area contributed by atoms with Gasteiger partial charge in [0.25, 0.3) is 0 Å². The molecule has 1 unspecified atom stereocenters. The third kappa shape index (κ3) is 68.5. The summed E-state index contributed by atoms with van der Waals surface area (Å²) < 4.78 is 16.9. The minimum Gasteiger partial charge on any atom is -0.462 e. The summed E-state index contributed by atoms with van der Waals surface area (Å²) in [5, 5.41) is 0. The zero-order chi connectivity index (χ0) is 59.9. The Labute approximate surface area is 513 Å². The first kappa shape index (κ1) is 78.8. The second-order valence-electron chi connectivity index (χ2n) is 23.1. The summed E-state index contributed by atoms with van der Waals surface area (Å²) in [6.07, 6.45) is 97.9. The monoisotopic (exact) mass is 1150 g/mol. The molecule has 0 aromatic carbocycles. The molecule has 83 heavy (non-hydrogen) atoms. The minimum absolute atomic E-state index is 0.0892. The van der Waals surface area contributed by atoms with E-state index in [1.54, 1.807) is 0 Å². The van der Waals surface area contributed by atoms with Crippen molar-refractivity contribution in [1.29, 1.82) is 0 Å². The SMILES string of the molecule is CC/C=C\C/C=C\C/C=C\C/C=C\C/C=C\C/C=C\C/C=C\C/C=C\CCCCCCCCC(=O)OCC(COC(=O)CCCCCCC/C=C\C/C=C\CCC)OC(=O)CCCCCCCCCCCCCCCCCCCCCCC. The van der Waals surface area contributed by atoms with E-state index in [2.05, 4.69) is 142 Å². The lowest BCUT2D eigenvalue weighted by Gasteiger charge is -2.18. The minimum atomic E-state index is -0.793. The fraction of sp³-hybridized carbons (Fsp3) is 0.701. The highest BCUT2D eigenvalue weighted by Crippen LogP contribution is 2.17. The molecule has 0 rings (SSSR count). The van der Waals surface area contributed by atoms with Crippen LogP contribution in [0.25, 0.3) is 0 Å². The van der Waals surface area contributed by atoms with Crippen LogP contribution in [0.5, 0.6) is 0 Å². The molecule has 0 aromatic heterocycles. The molecule has 0 aliphatic heterocycles. The van der Waals surface area contributed by atoms with Crippen LogP contribution in [-0.4, -0.2) is 37.2 Å². The van der Waals surface area contributed by atoms with E-state index in [0.29, 0.717) is 19.3 Å². The van der Waals surface area contributed by atoms with Crippen molar-refractivity contribution in [1.82, 2.24) is 0 Å². The van der Waals surface area contributed by atoms with Gasteiger partial charge in [0, 0.05) is 19.3 Å². The van der Waals surface area contributed by atoms with Crippen LogP contribution in [0.15, 0.2) is 122 Å². The van der Waals surface area contributed by atoms with Crippen LogP contribution in [0, 0.1) is 0 Å². The van der Waals surface area contributed by atoms with Gasteiger partial charge in [0.15, 0.2) is 6.10 Å². The molecule has 474 valence electrons. The van der Waals surface area contributed by atoms with Gasteiger partial charge in [-0.1, -0.05) is 322 Å². The molecular formula is C77H130O6. The largest absolute Gasteiger partial charge is 0.462 e. The summed E-state index contributed by atoms with van der Waals surface area (Å²) in [6.45, 7) is 6.47. The average Bonchev–Trinajstić information content (AvgIpc) is 3.49. The third-order valence-corrected chi connectivity index (χ3v) is 14.9. The van der Waals surface area contributed by atoms with Crippen molar-refractivity contribution >= 4 is 17.9 Å². The molecule has 0 heterocycles. The average molecular weight is 1150 g/mol. The number of hydrogen-bond donors (Lipinski definition) is 0. The van der Waals surface area contributed by atoms with Crippen molar-refractivity contribution in [2.45, 2.75) is 335 Å². The summed E-state index contributed by atoms with van der Waals surface area (Å²) in [4.78, 5) is 38.4. The van der Waals surface area contributed by atoms with Gasteiger partial charge in [-0.2, -0.15) is 0 Å². The lowest BCUT2D eigenvalue weighted by Crippen LogP contribution is -2.30. The Balaban J connectivity index is 4.33. The second-order valence-corrected chi connectivity index (χ2v) is 23.1. The first-order valence-electron chi connectivity index (χ1n) is 35.0. The van der Waals surface area contributed by atoms with Crippen molar-refractivity contribution < 1.29 is 28.6 Å². The topological polar surface area (TPSA) is 78.9 Å². The van der Waals surface area contributed by atoms with Gasteiger partial charge in [0.1, 0.15) is 13.2 Å². The highest BCUT2D eigenvalue weighted by atomic mass is 16.6. The van der Waals surface area contributed by atoms with Crippen molar-refractivity contribution in [2.24, 2.45) is 0 Å². The molecule has 0 aromatic rings. The maximum Gasteiger partial charge on any atom is 0.306 e. The molecule has 0 bridgehead atoms. The predicted octanol–water partition coefficient (Wildman–Crippen LogP) is 24.3. The zero-order valence-corrected chi connectivity index (χ0v) is 54.4. The number of carbonyl (C=O) groups excluding carboxylic acids is 3. The lowest BCUT2D eigenvalue weighted by molar-refractivity contribution is -0.167. The quantitative estimate of drug-likeness (QED) is 0.0261. The van der Waals surface area contributed by atoms with E-state index < -0.39 is 6.10 Å². The van der Waals surface area contributed by atoms with Gasteiger partial charge in [0.2, 0.25) is 0 Å². The predicted molar refractivity (Wildman–Crippen MR) is 362 cm³/mol. The van der Waals surface area contributed by atoms with Gasteiger partial charge >= 0.3 is 17.9 Å². The van der Waals surface area contributed by atoms with Gasteiger partial charge in [0.05, 0.1) is 0 Å². The van der Waals surface area contributed by atoms with Gasteiger partial charge < -0.3 is 14.2 Å². The van der Waals surface area contributed by atoms with Crippen LogP contribution in [0.1, 0.15) is 329 Å². The van der Waals surface area contributed by atoms with E-state index in [9.17, 15) is 14.4 Å². The van der Waals surface area contributed by atoms with Gasteiger partial charge in [-0.15, -0.1) is 0 Å². The van der Waals surface area contributed by atoms with Crippen molar-refractivity contribution in [3.8, 4) is 0 Å². The summed E-state index contributed by atoms with van der Waals surface area (Å²) in [5.41, 5.74) is 0. The van der Waals surface area contributed by atoms with Crippen molar-refractivity contribution in [3.05, 3.63) is 122 Å². The van der Waals surface area contributed by atoms with Gasteiger partial charge in [-0.3, -0.25) is 14.4 Å². The van der Waals surface area contributed by atoms with E-state index >= 15 is 0 Å². The lowest BCUT2D eigenvalue weighted by atomic mass is 10.0. The molecule has 0 N–H and O–H groups in total. The fourth-order valence-electron chi connectivity index (χ4n) is 9.73. The number of ether oxygens (including phenoxy) is 3. The Bertz CT molecular complexity index is 1700. The summed E-state index contributed by atoms with van der Waals surface area (Å²) in [6, 6.07) is 0. The van der Waals surface area contributed by atoms with Crippen LogP contribution >= 0.6 is 0 Å². The highest BCUT2D eigenvalue weighted by Gasteiger charge is 2.19. The Morgan fingerprint density at radius 1 is 0.253 bits per heavy atom. The van der Waals surface area contributed by atoms with Gasteiger partial charge in [-0.25, -0.2) is 0 Å². The molecule has 0 aliphatic carbocycles. The van der Waals surface area contributed by atoms with E-state index in [4.69, 9.17) is 14.2 Å².